The molecule has 47 heavy (non-hydrogen) atoms. The van der Waals surface area contributed by atoms with Gasteiger partial charge in [0, 0.05) is 0 Å². The normalized spacial score (nSPS) is 11.1. The van der Waals surface area contributed by atoms with Gasteiger partial charge in [-0.3, -0.25) is 0 Å². The van der Waals surface area contributed by atoms with Gasteiger partial charge in [-0.05, 0) is 86.8 Å². The van der Waals surface area contributed by atoms with Crippen LogP contribution in [0.4, 0.5) is 0 Å². The first-order valence-corrected chi connectivity index (χ1v) is 18.7. The molecule has 0 aliphatic carbocycles. The Morgan fingerprint density at radius 2 is 0.681 bits per heavy atom. The van der Waals surface area contributed by atoms with Crippen LogP contribution in [0.15, 0.2) is 73.8 Å². The summed E-state index contributed by atoms with van der Waals surface area (Å²) in [7, 11) is 0. The van der Waals surface area contributed by atoms with E-state index in [1.54, 1.807) is 0 Å². The Bertz CT molecular complexity index is 892. The minimum Gasteiger partial charge on any atom is -0.494 e. The van der Waals surface area contributed by atoms with Gasteiger partial charge in [0.2, 0.25) is 0 Å². The predicted molar refractivity (Wildman–Crippen MR) is 198 cm³/mol. The van der Waals surface area contributed by atoms with Crippen molar-refractivity contribution in [3.05, 3.63) is 85.0 Å². The van der Waals surface area contributed by atoms with Crippen LogP contribution in [0.5, 0.6) is 11.5 Å². The van der Waals surface area contributed by atoms with Gasteiger partial charge in [0.25, 0.3) is 0 Å². The van der Waals surface area contributed by atoms with E-state index < -0.39 is 0 Å². The Morgan fingerprint density at radius 1 is 0.362 bits per heavy atom. The molecule has 0 unspecified atom stereocenters. The highest BCUT2D eigenvalue weighted by Crippen LogP contribution is 2.16. The van der Waals surface area contributed by atoms with Gasteiger partial charge in [-0.25, -0.2) is 0 Å². The van der Waals surface area contributed by atoms with Crippen LogP contribution in [0.25, 0.3) is 0 Å². The zero-order valence-electron chi connectivity index (χ0n) is 29.6. The number of ether oxygens (including phenoxy) is 5. The van der Waals surface area contributed by atoms with Crippen LogP contribution in [0.1, 0.15) is 114 Å². The third kappa shape index (κ3) is 24.2. The van der Waals surface area contributed by atoms with Gasteiger partial charge in [-0.2, -0.15) is 0 Å². The van der Waals surface area contributed by atoms with Crippen molar-refractivity contribution >= 4 is 0 Å². The summed E-state index contributed by atoms with van der Waals surface area (Å²) in [6.07, 6.45) is 26.0. The number of rotatable bonds is 34. The summed E-state index contributed by atoms with van der Waals surface area (Å²) in [5.41, 5.74) is 2.52. The SMILES string of the molecule is C=CCCCCCCCCCOc1ccc(CCOCCOCCOCCc2ccc(OCCCCCCCCCC=C)cc2)cc1. The van der Waals surface area contributed by atoms with E-state index in [2.05, 4.69) is 61.7 Å². The molecule has 5 nitrogen and oxygen atoms in total. The predicted octanol–water partition coefficient (Wildman–Crippen LogP) is 10.9. The van der Waals surface area contributed by atoms with Gasteiger partial charge >= 0.3 is 0 Å². The van der Waals surface area contributed by atoms with E-state index in [1.165, 1.54) is 88.2 Å². The van der Waals surface area contributed by atoms with Crippen LogP contribution < -0.4 is 9.47 Å². The maximum absolute atomic E-state index is 5.91. The number of benzene rings is 2. The first-order chi connectivity index (χ1) is 23.3. The second-order valence-electron chi connectivity index (χ2n) is 12.4. The molecule has 0 heterocycles. The van der Waals surface area contributed by atoms with Crippen molar-refractivity contribution in [3.63, 3.8) is 0 Å². The maximum atomic E-state index is 5.91. The molecule has 0 radical (unpaired) electrons. The van der Waals surface area contributed by atoms with E-state index in [1.807, 2.05) is 12.2 Å². The molecule has 0 aromatic heterocycles. The minimum atomic E-state index is 0.586. The van der Waals surface area contributed by atoms with E-state index in [0.29, 0.717) is 39.6 Å². The lowest BCUT2D eigenvalue weighted by Gasteiger charge is -2.09. The van der Waals surface area contributed by atoms with E-state index in [0.717, 1.165) is 63.2 Å². The monoisotopic (exact) mass is 650 g/mol. The van der Waals surface area contributed by atoms with E-state index in [4.69, 9.17) is 23.7 Å². The quantitative estimate of drug-likeness (QED) is 0.0557. The molecule has 0 atom stereocenters. The second kappa shape index (κ2) is 30.7. The van der Waals surface area contributed by atoms with Crippen LogP contribution in [-0.2, 0) is 27.1 Å². The van der Waals surface area contributed by atoms with Crippen LogP contribution in [-0.4, -0.2) is 52.9 Å². The summed E-state index contributed by atoms with van der Waals surface area (Å²) in [6.45, 7) is 12.9. The van der Waals surface area contributed by atoms with Crippen molar-refractivity contribution in [2.45, 2.75) is 116 Å². The molecular weight excluding hydrogens is 584 g/mol. The van der Waals surface area contributed by atoms with E-state index in [-0.39, 0.29) is 0 Å². The molecule has 0 saturated carbocycles. The topological polar surface area (TPSA) is 46.2 Å². The van der Waals surface area contributed by atoms with Crippen molar-refractivity contribution in [2.75, 3.05) is 52.9 Å². The van der Waals surface area contributed by atoms with Crippen molar-refractivity contribution < 1.29 is 23.7 Å². The van der Waals surface area contributed by atoms with Crippen LogP contribution in [0.3, 0.4) is 0 Å². The molecule has 2 aromatic carbocycles. The molecule has 0 bridgehead atoms. The first kappa shape index (κ1) is 40.6. The molecule has 0 amide bonds. The third-order valence-corrected chi connectivity index (χ3v) is 8.30. The van der Waals surface area contributed by atoms with E-state index in [9.17, 15) is 0 Å². The fourth-order valence-corrected chi connectivity index (χ4v) is 5.36. The number of hydrogen-bond acceptors (Lipinski definition) is 5. The Morgan fingerprint density at radius 3 is 1.04 bits per heavy atom. The number of allylic oxidation sites excluding steroid dienone is 2. The van der Waals surface area contributed by atoms with Gasteiger partial charge < -0.3 is 23.7 Å². The van der Waals surface area contributed by atoms with Gasteiger partial charge in [0.15, 0.2) is 0 Å². The van der Waals surface area contributed by atoms with Gasteiger partial charge in [0.05, 0.1) is 52.9 Å². The third-order valence-electron chi connectivity index (χ3n) is 8.30. The van der Waals surface area contributed by atoms with Gasteiger partial charge in [0.1, 0.15) is 11.5 Å². The highest BCUT2D eigenvalue weighted by atomic mass is 16.5. The second-order valence-corrected chi connectivity index (χ2v) is 12.4. The molecule has 264 valence electrons. The zero-order valence-corrected chi connectivity index (χ0v) is 29.6. The van der Waals surface area contributed by atoms with Gasteiger partial charge in [-0.1, -0.05) is 101 Å². The summed E-state index contributed by atoms with van der Waals surface area (Å²) < 4.78 is 29.0. The summed E-state index contributed by atoms with van der Waals surface area (Å²) in [4.78, 5) is 0. The number of unbranched alkanes of at least 4 members (excludes halogenated alkanes) is 14. The summed E-state index contributed by atoms with van der Waals surface area (Å²) in [5.74, 6) is 1.91. The van der Waals surface area contributed by atoms with Crippen molar-refractivity contribution in [1.82, 2.24) is 0 Å². The lowest BCUT2D eigenvalue weighted by molar-refractivity contribution is 0.0156. The maximum Gasteiger partial charge on any atom is 0.119 e. The molecule has 0 aliphatic heterocycles. The summed E-state index contributed by atoms with van der Waals surface area (Å²) >= 11 is 0. The average molecular weight is 651 g/mol. The van der Waals surface area contributed by atoms with Crippen LogP contribution in [0.2, 0.25) is 0 Å². The minimum absolute atomic E-state index is 0.586. The van der Waals surface area contributed by atoms with Crippen molar-refractivity contribution in [1.29, 1.82) is 0 Å². The molecule has 5 heteroatoms. The molecule has 0 N–H and O–H groups in total. The van der Waals surface area contributed by atoms with Crippen molar-refractivity contribution in [2.24, 2.45) is 0 Å². The fraction of sp³-hybridized carbons (Fsp3) is 0.619. The molecule has 2 rings (SSSR count). The summed E-state index contributed by atoms with van der Waals surface area (Å²) in [6, 6.07) is 16.8. The Labute approximate surface area is 288 Å². The zero-order chi connectivity index (χ0) is 33.3. The number of hydrogen-bond donors (Lipinski definition) is 0. The Kier molecular flexibility index (Phi) is 26.5. The highest BCUT2D eigenvalue weighted by molar-refractivity contribution is 5.28. The lowest BCUT2D eigenvalue weighted by atomic mass is 10.1. The lowest BCUT2D eigenvalue weighted by Crippen LogP contribution is -2.11. The van der Waals surface area contributed by atoms with Crippen LogP contribution in [0, 0.1) is 0 Å². The molecule has 0 saturated heterocycles. The van der Waals surface area contributed by atoms with Crippen molar-refractivity contribution in [3.8, 4) is 11.5 Å². The molecule has 0 aliphatic rings. The molecule has 0 spiro atoms. The van der Waals surface area contributed by atoms with Crippen LogP contribution >= 0.6 is 0 Å². The van der Waals surface area contributed by atoms with Gasteiger partial charge in [-0.15, -0.1) is 13.2 Å². The average Bonchev–Trinajstić information content (AvgIpc) is 3.10. The highest BCUT2D eigenvalue weighted by Gasteiger charge is 2.00. The fourth-order valence-electron chi connectivity index (χ4n) is 5.36. The summed E-state index contributed by atoms with van der Waals surface area (Å²) in [5, 5.41) is 0. The Hall–Kier alpha value is -2.60. The first-order valence-electron chi connectivity index (χ1n) is 18.7. The van der Waals surface area contributed by atoms with E-state index >= 15 is 0 Å². The smallest absolute Gasteiger partial charge is 0.119 e. The standard InChI is InChI=1S/C42H66O5/c1-3-5-7-9-11-13-15-17-19-31-46-41-25-21-39(22-26-41)29-33-43-35-37-45-38-36-44-34-30-40-23-27-42(28-24-40)47-32-20-18-16-14-12-10-8-6-4-2/h3-4,21-28H,1-2,5-20,29-38H2. The molecule has 0 fully saturated rings. The Balaban J connectivity index is 1.34. The molecule has 2 aromatic rings. The largest absolute Gasteiger partial charge is 0.494 e. The molecular formula is C42H66O5.